The Balaban J connectivity index is 3.00. The van der Waals surface area contributed by atoms with Crippen molar-refractivity contribution in [2.24, 2.45) is 5.92 Å². The van der Waals surface area contributed by atoms with E-state index in [1.54, 1.807) is 0 Å². The molecular weight excluding hydrogens is 356 g/mol. The molecule has 1 fully saturated rings. The molecule has 8 heteroatoms. The average molecular weight is 364 g/mol. The van der Waals surface area contributed by atoms with E-state index in [0.717, 1.165) is 0 Å². The molecule has 0 aromatic heterocycles. The zero-order valence-corrected chi connectivity index (χ0v) is 9.96. The van der Waals surface area contributed by atoms with Crippen molar-refractivity contribution >= 4 is 22.6 Å². The van der Waals surface area contributed by atoms with E-state index >= 15 is 0 Å². The number of hydrogen-bond donors (Lipinski definition) is 0. The minimum absolute atomic E-state index is 0.245. The predicted octanol–water partition coefficient (Wildman–Crippen LogP) is 4.42. The highest BCUT2D eigenvalue weighted by Crippen LogP contribution is 2.54. The summed E-state index contributed by atoms with van der Waals surface area (Å²) in [6.45, 7) is 0. The molecule has 1 saturated carbocycles. The Morgan fingerprint density at radius 3 is 1.69 bits per heavy atom. The van der Waals surface area contributed by atoms with Crippen LogP contribution < -0.4 is 0 Å². The van der Waals surface area contributed by atoms with Crippen LogP contribution in [0.1, 0.15) is 19.3 Å². The molecule has 96 valence electrons. The van der Waals surface area contributed by atoms with E-state index in [9.17, 15) is 30.7 Å². The topological polar surface area (TPSA) is 0 Å². The quantitative estimate of drug-likeness (QED) is 0.387. The molecular formula is C8H8F7I. The third-order valence-corrected chi connectivity index (χ3v) is 4.16. The third-order valence-electron chi connectivity index (χ3n) is 2.67. The summed E-state index contributed by atoms with van der Waals surface area (Å²) in [5.41, 5.74) is 0. The molecule has 0 bridgehead atoms. The Labute approximate surface area is 101 Å². The van der Waals surface area contributed by atoms with E-state index in [-0.39, 0.29) is 19.3 Å². The van der Waals surface area contributed by atoms with Crippen LogP contribution in [0.3, 0.4) is 0 Å². The summed E-state index contributed by atoms with van der Waals surface area (Å²) >= 11 is 1.51. The van der Waals surface area contributed by atoms with Gasteiger partial charge in [-0.25, -0.2) is 0 Å². The van der Waals surface area contributed by atoms with Gasteiger partial charge in [0.15, 0.2) is 0 Å². The second-order valence-electron chi connectivity index (χ2n) is 3.75. The minimum Gasteiger partial charge on any atom is -0.199 e. The number of rotatable bonds is 2. The normalized spacial score (nSPS) is 28.5. The van der Waals surface area contributed by atoms with Gasteiger partial charge in [-0.2, -0.15) is 30.7 Å². The second-order valence-corrected chi connectivity index (χ2v) is 5.35. The monoisotopic (exact) mass is 364 g/mol. The van der Waals surface area contributed by atoms with E-state index in [2.05, 4.69) is 0 Å². The van der Waals surface area contributed by atoms with Crippen LogP contribution in [-0.4, -0.2) is 21.9 Å². The smallest absolute Gasteiger partial charge is 0.199 e. The van der Waals surface area contributed by atoms with Crippen molar-refractivity contribution < 1.29 is 30.7 Å². The third kappa shape index (κ3) is 2.13. The van der Waals surface area contributed by atoms with Crippen LogP contribution in [-0.2, 0) is 0 Å². The van der Waals surface area contributed by atoms with Gasteiger partial charge in [-0.15, -0.1) is 0 Å². The molecule has 0 nitrogen and oxygen atoms in total. The molecule has 0 aromatic carbocycles. The fourth-order valence-corrected chi connectivity index (χ4v) is 3.00. The van der Waals surface area contributed by atoms with E-state index in [0.29, 0.717) is 0 Å². The summed E-state index contributed by atoms with van der Waals surface area (Å²) in [4.78, 5) is 0. The second kappa shape index (κ2) is 4.16. The molecule has 2 atom stereocenters. The average Bonchev–Trinajstić information content (AvgIpc) is 2.49. The molecule has 0 N–H and O–H groups in total. The largest absolute Gasteiger partial charge is 0.459 e. The van der Waals surface area contributed by atoms with Crippen LogP contribution in [0, 0.1) is 5.92 Å². The first-order valence-electron chi connectivity index (χ1n) is 4.48. The van der Waals surface area contributed by atoms with Gasteiger partial charge in [-0.1, -0.05) is 29.0 Å². The highest BCUT2D eigenvalue weighted by atomic mass is 127. The molecule has 0 spiro atoms. The summed E-state index contributed by atoms with van der Waals surface area (Å²) in [5.74, 6) is -12.9. The molecule has 0 radical (unpaired) electrons. The predicted molar refractivity (Wildman–Crippen MR) is 51.1 cm³/mol. The minimum atomic E-state index is -6.21. The maximum absolute atomic E-state index is 13.2. The standard InChI is InChI=1S/C8H8F7I/c9-6(10,4-2-1-3-5(4)16)7(11,12)8(13,14)15/h4-5H,1-3H2. The van der Waals surface area contributed by atoms with Crippen molar-refractivity contribution in [1.82, 2.24) is 0 Å². The van der Waals surface area contributed by atoms with Crippen LogP contribution in [0.2, 0.25) is 0 Å². The van der Waals surface area contributed by atoms with Crippen molar-refractivity contribution in [2.45, 2.75) is 41.2 Å². The van der Waals surface area contributed by atoms with Gasteiger partial charge in [0.2, 0.25) is 0 Å². The van der Waals surface area contributed by atoms with Crippen LogP contribution in [0.4, 0.5) is 30.7 Å². The number of alkyl halides is 8. The van der Waals surface area contributed by atoms with E-state index in [4.69, 9.17) is 0 Å². The molecule has 0 saturated heterocycles. The highest BCUT2D eigenvalue weighted by Gasteiger charge is 2.75. The van der Waals surface area contributed by atoms with Gasteiger partial charge in [-0.05, 0) is 12.8 Å². The van der Waals surface area contributed by atoms with Gasteiger partial charge in [0.25, 0.3) is 0 Å². The Kier molecular flexibility index (Phi) is 3.72. The van der Waals surface area contributed by atoms with E-state index in [1.165, 1.54) is 22.6 Å². The molecule has 0 aromatic rings. The van der Waals surface area contributed by atoms with Crippen molar-refractivity contribution in [3.8, 4) is 0 Å². The first kappa shape index (κ1) is 14.3. The van der Waals surface area contributed by atoms with Gasteiger partial charge in [0, 0.05) is 9.84 Å². The first-order chi connectivity index (χ1) is 7.02. The molecule has 0 heterocycles. The summed E-state index contributed by atoms with van der Waals surface area (Å²) < 4.78 is 86.5. The van der Waals surface area contributed by atoms with Gasteiger partial charge in [-0.3, -0.25) is 0 Å². The molecule has 1 rings (SSSR count). The van der Waals surface area contributed by atoms with Crippen molar-refractivity contribution in [3.05, 3.63) is 0 Å². The Bertz CT molecular complexity index is 260. The van der Waals surface area contributed by atoms with Crippen LogP contribution in [0.25, 0.3) is 0 Å². The van der Waals surface area contributed by atoms with E-state index in [1.807, 2.05) is 0 Å². The summed E-state index contributed by atoms with van der Waals surface area (Å²) in [5, 5.41) is 0. The van der Waals surface area contributed by atoms with Crippen LogP contribution in [0.15, 0.2) is 0 Å². The Morgan fingerprint density at radius 1 is 0.875 bits per heavy atom. The highest BCUT2D eigenvalue weighted by molar-refractivity contribution is 14.1. The van der Waals surface area contributed by atoms with Crippen LogP contribution >= 0.6 is 22.6 Å². The van der Waals surface area contributed by atoms with Crippen molar-refractivity contribution in [2.75, 3.05) is 0 Å². The van der Waals surface area contributed by atoms with Gasteiger partial charge >= 0.3 is 18.0 Å². The SMILES string of the molecule is FC(F)(F)C(F)(F)C(F)(F)C1CCCC1I. The molecule has 2 unspecified atom stereocenters. The number of hydrogen-bond acceptors (Lipinski definition) is 0. The number of halogens is 8. The van der Waals surface area contributed by atoms with Crippen LogP contribution in [0.5, 0.6) is 0 Å². The van der Waals surface area contributed by atoms with Gasteiger partial charge < -0.3 is 0 Å². The lowest BCUT2D eigenvalue weighted by molar-refractivity contribution is -0.364. The molecule has 16 heavy (non-hydrogen) atoms. The van der Waals surface area contributed by atoms with E-state index < -0.39 is 27.9 Å². The maximum atomic E-state index is 13.2. The molecule has 0 aliphatic heterocycles. The maximum Gasteiger partial charge on any atom is 0.459 e. The molecule has 1 aliphatic carbocycles. The first-order valence-corrected chi connectivity index (χ1v) is 5.73. The summed E-state index contributed by atoms with van der Waals surface area (Å²) in [6, 6.07) is 0. The van der Waals surface area contributed by atoms with Crippen molar-refractivity contribution in [3.63, 3.8) is 0 Å². The Morgan fingerprint density at radius 2 is 1.38 bits per heavy atom. The zero-order valence-electron chi connectivity index (χ0n) is 7.80. The fraction of sp³-hybridized carbons (Fsp3) is 1.00. The van der Waals surface area contributed by atoms with Crippen molar-refractivity contribution in [1.29, 1.82) is 0 Å². The Hall–Kier alpha value is 0.240. The lowest BCUT2D eigenvalue weighted by Crippen LogP contribution is -2.56. The fourth-order valence-electron chi connectivity index (χ4n) is 1.75. The lowest BCUT2D eigenvalue weighted by atomic mass is 9.94. The lowest BCUT2D eigenvalue weighted by Gasteiger charge is -2.33. The molecule has 1 aliphatic rings. The molecule has 0 amide bonds. The summed E-state index contributed by atoms with van der Waals surface area (Å²) in [6.07, 6.45) is -6.02. The van der Waals surface area contributed by atoms with Gasteiger partial charge in [0.05, 0.1) is 0 Å². The summed E-state index contributed by atoms with van der Waals surface area (Å²) in [7, 11) is 0. The van der Waals surface area contributed by atoms with Gasteiger partial charge in [0.1, 0.15) is 0 Å². The zero-order chi connectivity index (χ0) is 12.8.